The van der Waals surface area contributed by atoms with Gasteiger partial charge < -0.3 is 15.5 Å². The summed E-state index contributed by atoms with van der Waals surface area (Å²) in [5.74, 6) is 0.0171. The Kier molecular flexibility index (Phi) is 6.36. The van der Waals surface area contributed by atoms with Crippen molar-refractivity contribution in [3.63, 3.8) is 0 Å². The molecule has 0 radical (unpaired) electrons. The molecule has 1 amide bonds. The number of phenolic OH excluding ortho intramolecular Hbond substituents is 1. The zero-order chi connectivity index (χ0) is 14.3. The number of aliphatic hydroxyl groups is 1. The Balaban J connectivity index is 2.61. The van der Waals surface area contributed by atoms with Gasteiger partial charge >= 0.3 is 0 Å². The number of nitrogens with one attached hydrogen (secondary N) is 1. The molecular weight excluding hydrogens is 242 g/mol. The second kappa shape index (κ2) is 7.79. The first-order valence-electron chi connectivity index (χ1n) is 6.77. The maximum Gasteiger partial charge on any atom is 0.255 e. The molecule has 0 bridgehead atoms. The van der Waals surface area contributed by atoms with E-state index in [-0.39, 0.29) is 24.2 Å². The maximum absolute atomic E-state index is 12.0. The van der Waals surface area contributed by atoms with Crippen LogP contribution >= 0.6 is 0 Å². The molecule has 1 unspecified atom stereocenters. The van der Waals surface area contributed by atoms with Gasteiger partial charge in [0.15, 0.2) is 0 Å². The Labute approximate surface area is 114 Å². The SMILES string of the molecule is CCCC(CCO)CNC(=O)c1cc(C)ccc1O. The van der Waals surface area contributed by atoms with Crippen molar-refractivity contribution in [1.82, 2.24) is 5.32 Å². The summed E-state index contributed by atoms with van der Waals surface area (Å²) < 4.78 is 0. The largest absolute Gasteiger partial charge is 0.507 e. The molecule has 0 aromatic heterocycles. The van der Waals surface area contributed by atoms with Crippen molar-refractivity contribution < 1.29 is 15.0 Å². The quantitative estimate of drug-likeness (QED) is 0.708. The molecule has 0 saturated heterocycles. The fraction of sp³-hybridized carbons (Fsp3) is 0.533. The Morgan fingerprint density at radius 1 is 1.37 bits per heavy atom. The molecular formula is C15H23NO3. The van der Waals surface area contributed by atoms with Gasteiger partial charge in [0.25, 0.3) is 5.91 Å². The van der Waals surface area contributed by atoms with Gasteiger partial charge in [-0.25, -0.2) is 0 Å². The average molecular weight is 265 g/mol. The van der Waals surface area contributed by atoms with Crippen LogP contribution < -0.4 is 5.32 Å². The first kappa shape index (κ1) is 15.5. The summed E-state index contributed by atoms with van der Waals surface area (Å²) in [5.41, 5.74) is 1.24. The normalized spacial score (nSPS) is 12.2. The molecule has 3 N–H and O–H groups in total. The summed E-state index contributed by atoms with van der Waals surface area (Å²) in [6.07, 6.45) is 2.69. The highest BCUT2D eigenvalue weighted by molar-refractivity contribution is 5.96. The van der Waals surface area contributed by atoms with Gasteiger partial charge in [-0.1, -0.05) is 25.0 Å². The van der Waals surface area contributed by atoms with Crippen LogP contribution in [-0.2, 0) is 0 Å². The number of hydrogen-bond donors (Lipinski definition) is 3. The first-order chi connectivity index (χ1) is 9.08. The maximum atomic E-state index is 12.0. The van der Waals surface area contributed by atoms with Crippen molar-refractivity contribution in [2.75, 3.05) is 13.2 Å². The van der Waals surface area contributed by atoms with Gasteiger partial charge in [-0.15, -0.1) is 0 Å². The van der Waals surface area contributed by atoms with Crippen LogP contribution in [-0.4, -0.2) is 29.3 Å². The molecule has 0 fully saturated rings. The number of carbonyl (C=O) groups excluding carboxylic acids is 1. The van der Waals surface area contributed by atoms with E-state index in [1.54, 1.807) is 12.1 Å². The minimum atomic E-state index is -0.264. The van der Waals surface area contributed by atoms with Crippen molar-refractivity contribution in [2.45, 2.75) is 33.1 Å². The molecule has 0 spiro atoms. The summed E-state index contributed by atoms with van der Waals surface area (Å²) in [6, 6.07) is 4.96. The molecule has 0 heterocycles. The van der Waals surface area contributed by atoms with E-state index in [4.69, 9.17) is 5.11 Å². The number of benzene rings is 1. The molecule has 1 aromatic carbocycles. The highest BCUT2D eigenvalue weighted by atomic mass is 16.3. The fourth-order valence-electron chi connectivity index (χ4n) is 2.10. The van der Waals surface area contributed by atoms with Gasteiger partial charge in [0.1, 0.15) is 5.75 Å². The van der Waals surface area contributed by atoms with E-state index < -0.39 is 0 Å². The summed E-state index contributed by atoms with van der Waals surface area (Å²) in [5, 5.41) is 21.5. The van der Waals surface area contributed by atoms with Gasteiger partial charge in [0, 0.05) is 13.2 Å². The molecule has 0 aliphatic heterocycles. The Hall–Kier alpha value is -1.55. The van der Waals surface area contributed by atoms with Gasteiger partial charge in [-0.3, -0.25) is 4.79 Å². The van der Waals surface area contributed by atoms with Crippen molar-refractivity contribution in [2.24, 2.45) is 5.92 Å². The zero-order valence-electron chi connectivity index (χ0n) is 11.6. The third kappa shape index (κ3) is 4.91. The number of aryl methyl sites for hydroxylation is 1. The standard InChI is InChI=1S/C15H23NO3/c1-3-4-12(7-8-17)10-16-15(19)13-9-11(2)5-6-14(13)18/h5-6,9,12,17-18H,3-4,7-8,10H2,1-2H3,(H,16,19). The lowest BCUT2D eigenvalue weighted by atomic mass is 10.00. The lowest BCUT2D eigenvalue weighted by molar-refractivity contribution is 0.0940. The average Bonchev–Trinajstić information content (AvgIpc) is 2.39. The summed E-state index contributed by atoms with van der Waals surface area (Å²) >= 11 is 0. The third-order valence-electron chi connectivity index (χ3n) is 3.18. The van der Waals surface area contributed by atoms with Gasteiger partial charge in [0.2, 0.25) is 0 Å². The Morgan fingerprint density at radius 2 is 2.11 bits per heavy atom. The first-order valence-corrected chi connectivity index (χ1v) is 6.77. The van der Waals surface area contributed by atoms with Crippen LogP contribution in [0.1, 0.15) is 42.1 Å². The number of aromatic hydroxyl groups is 1. The summed E-state index contributed by atoms with van der Waals surface area (Å²) in [7, 11) is 0. The van der Waals surface area contributed by atoms with E-state index in [1.807, 2.05) is 6.92 Å². The van der Waals surface area contributed by atoms with Crippen LogP contribution in [0.5, 0.6) is 5.75 Å². The smallest absolute Gasteiger partial charge is 0.255 e. The molecule has 1 aromatic rings. The third-order valence-corrected chi connectivity index (χ3v) is 3.18. The van der Waals surface area contributed by atoms with E-state index in [9.17, 15) is 9.90 Å². The van der Waals surface area contributed by atoms with Gasteiger partial charge in [-0.05, 0) is 37.8 Å². The predicted molar refractivity (Wildman–Crippen MR) is 75.3 cm³/mol. The molecule has 4 nitrogen and oxygen atoms in total. The van der Waals surface area contributed by atoms with Crippen LogP contribution in [0.25, 0.3) is 0 Å². The number of aliphatic hydroxyl groups excluding tert-OH is 1. The second-order valence-corrected chi connectivity index (χ2v) is 4.90. The molecule has 1 atom stereocenters. The highest BCUT2D eigenvalue weighted by Crippen LogP contribution is 2.18. The molecule has 106 valence electrons. The summed E-state index contributed by atoms with van der Waals surface area (Å²) in [6.45, 7) is 4.62. The monoisotopic (exact) mass is 265 g/mol. The van der Waals surface area contributed by atoms with E-state index in [0.29, 0.717) is 18.5 Å². The zero-order valence-corrected chi connectivity index (χ0v) is 11.6. The second-order valence-electron chi connectivity index (χ2n) is 4.90. The molecule has 0 saturated carbocycles. The molecule has 4 heteroatoms. The van der Waals surface area contributed by atoms with Crippen LogP contribution in [0, 0.1) is 12.8 Å². The van der Waals surface area contributed by atoms with Crippen molar-refractivity contribution in [1.29, 1.82) is 0 Å². The topological polar surface area (TPSA) is 69.6 Å². The predicted octanol–water partition coefficient (Wildman–Crippen LogP) is 2.23. The minimum absolute atomic E-state index is 0.00250. The van der Waals surface area contributed by atoms with Crippen molar-refractivity contribution >= 4 is 5.91 Å². The van der Waals surface area contributed by atoms with Crippen molar-refractivity contribution in [3.8, 4) is 5.75 Å². The summed E-state index contributed by atoms with van der Waals surface area (Å²) in [4.78, 5) is 12.0. The molecule has 0 aliphatic rings. The Bertz CT molecular complexity index is 412. The molecule has 19 heavy (non-hydrogen) atoms. The molecule has 0 aliphatic carbocycles. The fourth-order valence-corrected chi connectivity index (χ4v) is 2.10. The number of hydrogen-bond acceptors (Lipinski definition) is 3. The minimum Gasteiger partial charge on any atom is -0.507 e. The van der Waals surface area contributed by atoms with Crippen LogP contribution in [0.3, 0.4) is 0 Å². The highest BCUT2D eigenvalue weighted by Gasteiger charge is 2.13. The lowest BCUT2D eigenvalue weighted by Crippen LogP contribution is -2.29. The van der Waals surface area contributed by atoms with E-state index in [1.165, 1.54) is 6.07 Å². The lowest BCUT2D eigenvalue weighted by Gasteiger charge is -2.16. The van der Waals surface area contributed by atoms with Crippen LogP contribution in [0.2, 0.25) is 0 Å². The Morgan fingerprint density at radius 3 is 2.74 bits per heavy atom. The van der Waals surface area contributed by atoms with Crippen LogP contribution in [0.4, 0.5) is 0 Å². The van der Waals surface area contributed by atoms with E-state index in [2.05, 4.69) is 12.2 Å². The van der Waals surface area contributed by atoms with Gasteiger partial charge in [-0.2, -0.15) is 0 Å². The van der Waals surface area contributed by atoms with Gasteiger partial charge in [0.05, 0.1) is 5.56 Å². The number of phenols is 1. The van der Waals surface area contributed by atoms with Crippen LogP contribution in [0.15, 0.2) is 18.2 Å². The number of amides is 1. The van der Waals surface area contributed by atoms with E-state index >= 15 is 0 Å². The van der Waals surface area contributed by atoms with Crippen molar-refractivity contribution in [3.05, 3.63) is 29.3 Å². The molecule has 1 rings (SSSR count). The number of carbonyl (C=O) groups is 1. The number of rotatable bonds is 7. The van der Waals surface area contributed by atoms with E-state index in [0.717, 1.165) is 18.4 Å².